The summed E-state index contributed by atoms with van der Waals surface area (Å²) in [5.74, 6) is -1.27. The van der Waals surface area contributed by atoms with Crippen molar-refractivity contribution in [1.29, 1.82) is 0 Å². The molecule has 0 aromatic rings. The lowest BCUT2D eigenvalue weighted by Crippen LogP contribution is -2.44. The molecule has 0 saturated heterocycles. The van der Waals surface area contributed by atoms with Crippen LogP contribution in [0.5, 0.6) is 0 Å². The highest BCUT2D eigenvalue weighted by Crippen LogP contribution is 2.25. The summed E-state index contributed by atoms with van der Waals surface area (Å²) >= 11 is 1.39. The van der Waals surface area contributed by atoms with Gasteiger partial charge in [0.1, 0.15) is 6.54 Å². The average molecular weight is 375 g/mol. The largest absolute Gasteiger partial charge is 0.480 e. The van der Waals surface area contributed by atoms with Crippen molar-refractivity contribution in [3.63, 3.8) is 0 Å². The number of rotatable bonds is 15. The number of carbonyl (C=O) groups is 2. The van der Waals surface area contributed by atoms with Gasteiger partial charge in [-0.2, -0.15) is 0 Å². The lowest BCUT2D eigenvalue weighted by atomic mass is 10.1. The molecular weight excluding hydrogens is 340 g/mol. The van der Waals surface area contributed by atoms with E-state index in [-0.39, 0.29) is 0 Å². The van der Waals surface area contributed by atoms with Gasteiger partial charge in [-0.25, -0.2) is 0 Å². The van der Waals surface area contributed by atoms with Crippen LogP contribution in [0, 0.1) is 0 Å². The van der Waals surface area contributed by atoms with Gasteiger partial charge in [0, 0.05) is 10.7 Å². The first-order valence-electron chi connectivity index (χ1n) is 9.18. The van der Waals surface area contributed by atoms with Crippen molar-refractivity contribution in [2.24, 2.45) is 5.73 Å². The molecule has 25 heavy (non-hydrogen) atoms. The van der Waals surface area contributed by atoms with E-state index in [0.29, 0.717) is 12.2 Å². The predicted octanol–water partition coefficient (Wildman–Crippen LogP) is 2.65. The molecule has 0 aliphatic heterocycles. The number of nitrogens with two attached hydrogens (primary N) is 1. The zero-order chi connectivity index (χ0) is 19.1. The number of carbonyl (C=O) groups excluding carboxylic acids is 1. The monoisotopic (exact) mass is 374 g/mol. The number of thioether (sulfide) groups is 1. The van der Waals surface area contributed by atoms with Gasteiger partial charge in [-0.1, -0.05) is 52.0 Å². The number of unbranched alkanes of at least 4 members (excludes halogenated alkanes) is 5. The van der Waals surface area contributed by atoms with Crippen molar-refractivity contribution in [1.82, 2.24) is 5.32 Å². The highest BCUT2D eigenvalue weighted by Gasteiger charge is 2.17. The van der Waals surface area contributed by atoms with Crippen LogP contribution in [0.2, 0.25) is 0 Å². The van der Waals surface area contributed by atoms with Crippen LogP contribution in [0.4, 0.5) is 0 Å². The van der Waals surface area contributed by atoms with E-state index in [0.717, 1.165) is 30.6 Å². The van der Waals surface area contributed by atoms with Gasteiger partial charge in [0.2, 0.25) is 5.91 Å². The maximum atomic E-state index is 11.7. The lowest BCUT2D eigenvalue weighted by molar-refractivity contribution is -0.138. The van der Waals surface area contributed by atoms with Gasteiger partial charge in [0.25, 0.3) is 0 Å². The molecule has 2 atom stereocenters. The summed E-state index contributed by atoms with van der Waals surface area (Å²) < 4.78 is 0. The van der Waals surface area contributed by atoms with Crippen molar-refractivity contribution in [2.45, 2.75) is 77.4 Å². The molecule has 0 heterocycles. The smallest absolute Gasteiger partial charge is 0.322 e. The Kier molecular flexibility index (Phi) is 14.6. The van der Waals surface area contributed by atoms with Crippen LogP contribution in [-0.4, -0.2) is 46.5 Å². The summed E-state index contributed by atoms with van der Waals surface area (Å²) in [7, 11) is 0. The molecule has 0 aliphatic carbocycles. The first-order chi connectivity index (χ1) is 11.9. The van der Waals surface area contributed by atoms with Gasteiger partial charge >= 0.3 is 5.97 Å². The summed E-state index contributed by atoms with van der Waals surface area (Å²) in [5, 5.41) is 21.2. The maximum absolute atomic E-state index is 11.7. The second-order valence-electron chi connectivity index (χ2n) is 6.14. The van der Waals surface area contributed by atoms with E-state index in [1.807, 2.05) is 0 Å². The number of aliphatic carboxylic acids is 1. The third-order valence-corrected chi connectivity index (χ3v) is 5.04. The second kappa shape index (κ2) is 15.2. The minimum Gasteiger partial charge on any atom is -0.480 e. The Morgan fingerprint density at radius 3 is 2.44 bits per heavy atom. The molecule has 0 bridgehead atoms. The Hall–Kier alpha value is -1.05. The van der Waals surface area contributed by atoms with E-state index in [1.165, 1.54) is 31.0 Å². The highest BCUT2D eigenvalue weighted by molar-refractivity contribution is 8.03. The van der Waals surface area contributed by atoms with Crippen LogP contribution in [0.3, 0.4) is 0 Å². The Labute approximate surface area is 155 Å². The molecule has 6 nitrogen and oxygen atoms in total. The SMILES string of the molecule is CCCCCCC=C(SC[C@H](N)C(=O)NCC(=O)O)[C@H](O)CCCC. The highest BCUT2D eigenvalue weighted by atomic mass is 32.2. The summed E-state index contributed by atoms with van der Waals surface area (Å²) in [6, 6.07) is -0.800. The Balaban J connectivity index is 4.51. The van der Waals surface area contributed by atoms with Crippen LogP contribution in [0.25, 0.3) is 0 Å². The molecule has 0 rings (SSSR count). The van der Waals surface area contributed by atoms with Gasteiger partial charge in [-0.15, -0.1) is 11.8 Å². The number of aliphatic hydroxyl groups is 1. The molecule has 0 spiro atoms. The predicted molar refractivity (Wildman–Crippen MR) is 103 cm³/mol. The Morgan fingerprint density at radius 2 is 1.84 bits per heavy atom. The molecule has 0 saturated carbocycles. The standard InChI is InChI=1S/C18H34N2O4S/c1-3-5-7-8-9-11-16(15(21)10-6-4-2)25-13-14(19)18(24)20-12-17(22)23/h11,14-15,21H,3-10,12-13,19H2,1-2H3,(H,20,24)(H,22,23)/t14-,15+/m0/s1. The minimum atomic E-state index is -1.10. The second-order valence-corrected chi connectivity index (χ2v) is 7.24. The van der Waals surface area contributed by atoms with Crippen molar-refractivity contribution in [3.05, 3.63) is 11.0 Å². The van der Waals surface area contributed by atoms with Gasteiger partial charge in [0.05, 0.1) is 12.1 Å². The van der Waals surface area contributed by atoms with E-state index in [9.17, 15) is 14.7 Å². The molecular formula is C18H34N2O4S. The normalized spacial score (nSPS) is 14.2. The molecule has 0 unspecified atom stereocenters. The van der Waals surface area contributed by atoms with Crippen molar-refractivity contribution in [2.75, 3.05) is 12.3 Å². The minimum absolute atomic E-state index is 0.315. The fraction of sp³-hybridized carbons (Fsp3) is 0.778. The summed E-state index contributed by atoms with van der Waals surface area (Å²) in [6.45, 7) is 3.82. The fourth-order valence-corrected chi connectivity index (χ4v) is 3.27. The van der Waals surface area contributed by atoms with Crippen LogP contribution in [0.15, 0.2) is 11.0 Å². The summed E-state index contributed by atoms with van der Waals surface area (Å²) in [6.07, 6.45) is 9.76. The van der Waals surface area contributed by atoms with E-state index in [2.05, 4.69) is 25.2 Å². The Morgan fingerprint density at radius 1 is 1.16 bits per heavy atom. The van der Waals surface area contributed by atoms with E-state index in [1.54, 1.807) is 0 Å². The van der Waals surface area contributed by atoms with Gasteiger partial charge in [-0.3, -0.25) is 9.59 Å². The molecule has 0 aromatic carbocycles. The topological polar surface area (TPSA) is 113 Å². The number of carboxylic acid groups (broad SMARTS) is 1. The first kappa shape index (κ1) is 23.9. The third-order valence-electron chi connectivity index (χ3n) is 3.74. The zero-order valence-electron chi connectivity index (χ0n) is 15.5. The number of hydrogen-bond acceptors (Lipinski definition) is 5. The number of aliphatic hydroxyl groups excluding tert-OH is 1. The molecule has 1 amide bonds. The number of allylic oxidation sites excluding steroid dienone is 1. The Bertz CT molecular complexity index is 416. The molecule has 0 radical (unpaired) electrons. The van der Waals surface area contributed by atoms with Crippen molar-refractivity contribution in [3.8, 4) is 0 Å². The maximum Gasteiger partial charge on any atom is 0.322 e. The van der Waals surface area contributed by atoms with Gasteiger partial charge in [-0.05, 0) is 19.3 Å². The molecule has 0 fully saturated rings. The molecule has 5 N–H and O–H groups in total. The quantitative estimate of drug-likeness (QED) is 0.328. The van der Waals surface area contributed by atoms with Crippen molar-refractivity contribution >= 4 is 23.6 Å². The average Bonchev–Trinajstić information content (AvgIpc) is 2.59. The molecule has 7 heteroatoms. The number of nitrogens with one attached hydrogen (secondary N) is 1. The molecule has 0 aliphatic rings. The van der Waals surface area contributed by atoms with E-state index >= 15 is 0 Å². The van der Waals surface area contributed by atoms with E-state index < -0.39 is 30.6 Å². The number of hydrogen-bond donors (Lipinski definition) is 4. The summed E-state index contributed by atoms with van der Waals surface area (Å²) in [4.78, 5) is 23.1. The first-order valence-corrected chi connectivity index (χ1v) is 10.2. The number of amides is 1. The van der Waals surface area contributed by atoms with Crippen LogP contribution in [0.1, 0.15) is 65.2 Å². The summed E-state index contributed by atoms with van der Waals surface area (Å²) in [5.41, 5.74) is 5.81. The van der Waals surface area contributed by atoms with Gasteiger partial charge < -0.3 is 21.3 Å². The van der Waals surface area contributed by atoms with Crippen LogP contribution < -0.4 is 11.1 Å². The van der Waals surface area contributed by atoms with Crippen molar-refractivity contribution < 1.29 is 19.8 Å². The number of carboxylic acids is 1. The third kappa shape index (κ3) is 12.9. The zero-order valence-corrected chi connectivity index (χ0v) is 16.3. The van der Waals surface area contributed by atoms with Gasteiger partial charge in [0.15, 0.2) is 0 Å². The van der Waals surface area contributed by atoms with E-state index in [4.69, 9.17) is 10.8 Å². The van der Waals surface area contributed by atoms with Crippen LogP contribution >= 0.6 is 11.8 Å². The van der Waals surface area contributed by atoms with Crippen LogP contribution in [-0.2, 0) is 9.59 Å². The fourth-order valence-electron chi connectivity index (χ4n) is 2.20. The lowest BCUT2D eigenvalue weighted by Gasteiger charge is -2.17. The molecule has 0 aromatic heterocycles. The molecule has 146 valence electrons.